The molecule has 2 N–H and O–H groups in total. The first kappa shape index (κ1) is 16.0. The average molecular weight is 264 g/mol. The molecule has 0 aliphatic rings. The van der Waals surface area contributed by atoms with Crippen LogP contribution in [0.15, 0.2) is 12.1 Å². The highest BCUT2D eigenvalue weighted by atomic mass is 16.5. The summed E-state index contributed by atoms with van der Waals surface area (Å²) >= 11 is 0. The van der Waals surface area contributed by atoms with Gasteiger partial charge >= 0.3 is 0 Å². The van der Waals surface area contributed by atoms with Crippen LogP contribution in [0, 0.1) is 0 Å². The molecule has 0 saturated carbocycles. The molecule has 108 valence electrons. The van der Waals surface area contributed by atoms with Gasteiger partial charge in [0, 0.05) is 18.3 Å². The quantitative estimate of drug-likeness (QED) is 0.653. The van der Waals surface area contributed by atoms with Gasteiger partial charge in [0.1, 0.15) is 0 Å². The Labute approximate surface area is 117 Å². The van der Waals surface area contributed by atoms with Crippen molar-refractivity contribution in [2.24, 2.45) is 5.73 Å². The summed E-state index contributed by atoms with van der Waals surface area (Å²) < 4.78 is 5.75. The van der Waals surface area contributed by atoms with Gasteiger partial charge in [-0.2, -0.15) is 0 Å². The van der Waals surface area contributed by atoms with Crippen molar-refractivity contribution in [2.45, 2.75) is 65.3 Å². The molecule has 1 aromatic heterocycles. The topological polar surface area (TPSA) is 48.1 Å². The number of unbranched alkanes of at least 4 members (excludes halogenated alkanes) is 4. The van der Waals surface area contributed by atoms with Crippen molar-refractivity contribution in [1.82, 2.24) is 4.98 Å². The Bertz CT molecular complexity index is 353. The smallest absolute Gasteiger partial charge is 0.213 e. The summed E-state index contributed by atoms with van der Waals surface area (Å²) in [5.74, 6) is 0.738. The Morgan fingerprint density at radius 2 is 1.84 bits per heavy atom. The summed E-state index contributed by atoms with van der Waals surface area (Å²) in [7, 11) is 0. The second-order valence-electron chi connectivity index (χ2n) is 5.02. The summed E-state index contributed by atoms with van der Waals surface area (Å²) in [5.41, 5.74) is 7.91. The van der Waals surface area contributed by atoms with Crippen molar-refractivity contribution in [1.29, 1.82) is 0 Å². The van der Waals surface area contributed by atoms with E-state index in [9.17, 15) is 0 Å². The van der Waals surface area contributed by atoms with Crippen LogP contribution in [-0.4, -0.2) is 11.6 Å². The molecule has 0 unspecified atom stereocenters. The Hall–Kier alpha value is -1.09. The molecule has 0 atom stereocenters. The molecule has 0 fully saturated rings. The Kier molecular flexibility index (Phi) is 8.23. The molecule has 3 heteroatoms. The second-order valence-corrected chi connectivity index (χ2v) is 5.02. The molecule has 0 saturated heterocycles. The largest absolute Gasteiger partial charge is 0.478 e. The van der Waals surface area contributed by atoms with E-state index in [4.69, 9.17) is 10.5 Å². The van der Waals surface area contributed by atoms with Gasteiger partial charge in [0.05, 0.1) is 6.61 Å². The van der Waals surface area contributed by atoms with Gasteiger partial charge < -0.3 is 10.5 Å². The number of nitrogens with zero attached hydrogens (tertiary/aromatic N) is 1. The number of hydrogen-bond acceptors (Lipinski definition) is 3. The number of hydrogen-bond donors (Lipinski definition) is 1. The van der Waals surface area contributed by atoms with Crippen LogP contribution in [0.25, 0.3) is 0 Å². The molecule has 1 heterocycles. The summed E-state index contributed by atoms with van der Waals surface area (Å²) in [6.07, 6.45) is 8.34. The SMILES string of the molecule is CCCCCCCOc1cc(CN)cc(CCC)n1. The van der Waals surface area contributed by atoms with Gasteiger partial charge in [-0.15, -0.1) is 0 Å². The van der Waals surface area contributed by atoms with Crippen LogP contribution < -0.4 is 10.5 Å². The van der Waals surface area contributed by atoms with E-state index in [0.29, 0.717) is 6.54 Å². The minimum absolute atomic E-state index is 0.548. The highest BCUT2D eigenvalue weighted by Crippen LogP contribution is 2.14. The second kappa shape index (κ2) is 9.79. The van der Waals surface area contributed by atoms with Crippen molar-refractivity contribution >= 4 is 0 Å². The Balaban J connectivity index is 2.41. The summed E-state index contributed by atoms with van der Waals surface area (Å²) in [5, 5.41) is 0. The van der Waals surface area contributed by atoms with Gasteiger partial charge in [-0.05, 0) is 24.5 Å². The van der Waals surface area contributed by atoms with Crippen molar-refractivity contribution in [3.8, 4) is 5.88 Å². The number of nitrogens with two attached hydrogens (primary N) is 1. The van der Waals surface area contributed by atoms with Crippen LogP contribution in [0.1, 0.15) is 63.6 Å². The van der Waals surface area contributed by atoms with Gasteiger partial charge in [-0.1, -0.05) is 46.0 Å². The van der Waals surface area contributed by atoms with Crippen LogP contribution in [0.3, 0.4) is 0 Å². The third kappa shape index (κ3) is 6.58. The molecule has 0 spiro atoms. The van der Waals surface area contributed by atoms with Crippen molar-refractivity contribution in [2.75, 3.05) is 6.61 Å². The highest BCUT2D eigenvalue weighted by molar-refractivity contribution is 5.25. The lowest BCUT2D eigenvalue weighted by Gasteiger charge is -2.09. The molecule has 1 aromatic rings. The van der Waals surface area contributed by atoms with E-state index in [-0.39, 0.29) is 0 Å². The molecular weight excluding hydrogens is 236 g/mol. The molecule has 0 amide bonds. The Morgan fingerprint density at radius 3 is 2.53 bits per heavy atom. The van der Waals surface area contributed by atoms with Crippen molar-refractivity contribution in [3.63, 3.8) is 0 Å². The highest BCUT2D eigenvalue weighted by Gasteiger charge is 2.03. The molecule has 0 aliphatic heterocycles. The zero-order valence-electron chi connectivity index (χ0n) is 12.5. The van der Waals surface area contributed by atoms with E-state index in [0.717, 1.165) is 43.0 Å². The number of aryl methyl sites for hydroxylation is 1. The average Bonchev–Trinajstić information content (AvgIpc) is 2.43. The van der Waals surface area contributed by atoms with Crippen LogP contribution in [0.4, 0.5) is 0 Å². The third-order valence-corrected chi connectivity index (χ3v) is 3.15. The number of aromatic nitrogens is 1. The van der Waals surface area contributed by atoms with E-state index in [1.54, 1.807) is 0 Å². The summed E-state index contributed by atoms with van der Waals surface area (Å²) in [4.78, 5) is 4.53. The van der Waals surface area contributed by atoms with Crippen LogP contribution in [-0.2, 0) is 13.0 Å². The molecule has 0 aliphatic carbocycles. The maximum atomic E-state index is 5.75. The fraction of sp³-hybridized carbons (Fsp3) is 0.688. The zero-order chi connectivity index (χ0) is 13.9. The third-order valence-electron chi connectivity index (χ3n) is 3.15. The zero-order valence-corrected chi connectivity index (χ0v) is 12.5. The van der Waals surface area contributed by atoms with Crippen LogP contribution >= 0.6 is 0 Å². The molecule has 1 rings (SSSR count). The molecule has 0 bridgehead atoms. The number of rotatable bonds is 10. The minimum Gasteiger partial charge on any atom is -0.478 e. The van der Waals surface area contributed by atoms with Gasteiger partial charge in [-0.3, -0.25) is 0 Å². The number of pyridine rings is 1. The molecule has 3 nitrogen and oxygen atoms in total. The van der Waals surface area contributed by atoms with Gasteiger partial charge in [0.15, 0.2) is 0 Å². The fourth-order valence-electron chi connectivity index (χ4n) is 2.08. The van der Waals surface area contributed by atoms with Gasteiger partial charge in [0.25, 0.3) is 0 Å². The van der Waals surface area contributed by atoms with Crippen molar-refractivity contribution in [3.05, 3.63) is 23.4 Å². The fourth-order valence-corrected chi connectivity index (χ4v) is 2.08. The standard InChI is InChI=1S/C16H28N2O/c1-3-5-6-7-8-10-19-16-12-14(13-17)11-15(18-16)9-4-2/h11-12H,3-10,13,17H2,1-2H3. The molecule has 0 aromatic carbocycles. The first-order chi connectivity index (χ1) is 9.30. The van der Waals surface area contributed by atoms with Crippen LogP contribution in [0.2, 0.25) is 0 Å². The lowest BCUT2D eigenvalue weighted by molar-refractivity contribution is 0.292. The van der Waals surface area contributed by atoms with E-state index in [2.05, 4.69) is 24.9 Å². The van der Waals surface area contributed by atoms with E-state index in [1.807, 2.05) is 6.07 Å². The van der Waals surface area contributed by atoms with E-state index < -0.39 is 0 Å². The maximum Gasteiger partial charge on any atom is 0.213 e. The van der Waals surface area contributed by atoms with Crippen molar-refractivity contribution < 1.29 is 4.74 Å². The predicted octanol–water partition coefficient (Wildman–Crippen LogP) is 3.84. The maximum absolute atomic E-state index is 5.75. The van der Waals surface area contributed by atoms with E-state index in [1.165, 1.54) is 25.7 Å². The summed E-state index contributed by atoms with van der Waals surface area (Å²) in [6.45, 7) is 5.70. The lowest BCUT2D eigenvalue weighted by atomic mass is 10.1. The normalized spacial score (nSPS) is 10.7. The molecule has 19 heavy (non-hydrogen) atoms. The molecular formula is C16H28N2O. The monoisotopic (exact) mass is 264 g/mol. The predicted molar refractivity (Wildman–Crippen MR) is 80.4 cm³/mol. The first-order valence-corrected chi connectivity index (χ1v) is 7.62. The number of ether oxygens (including phenoxy) is 1. The molecule has 0 radical (unpaired) electrons. The first-order valence-electron chi connectivity index (χ1n) is 7.62. The minimum atomic E-state index is 0.548. The van der Waals surface area contributed by atoms with E-state index >= 15 is 0 Å². The van der Waals surface area contributed by atoms with Gasteiger partial charge in [0.2, 0.25) is 5.88 Å². The lowest BCUT2D eigenvalue weighted by Crippen LogP contribution is -2.04. The Morgan fingerprint density at radius 1 is 1.05 bits per heavy atom. The van der Waals surface area contributed by atoms with Gasteiger partial charge in [-0.25, -0.2) is 4.98 Å². The summed E-state index contributed by atoms with van der Waals surface area (Å²) in [6, 6.07) is 4.04. The van der Waals surface area contributed by atoms with Crippen LogP contribution in [0.5, 0.6) is 5.88 Å².